The molecule has 0 saturated carbocycles. The lowest BCUT2D eigenvalue weighted by molar-refractivity contribution is -0.143. The van der Waals surface area contributed by atoms with Gasteiger partial charge in [0.25, 0.3) is 0 Å². The smallest absolute Gasteiger partial charge is 0.305 e. The van der Waals surface area contributed by atoms with Crippen molar-refractivity contribution >= 4 is 11.9 Å². The number of hydrogen-bond donors (Lipinski definition) is 3. The van der Waals surface area contributed by atoms with E-state index in [-0.39, 0.29) is 18.5 Å². The zero-order valence-corrected chi connectivity index (χ0v) is 53.4. The van der Waals surface area contributed by atoms with E-state index in [0.29, 0.717) is 25.9 Å². The third-order valence-corrected chi connectivity index (χ3v) is 16.7. The summed E-state index contributed by atoms with van der Waals surface area (Å²) in [4.78, 5) is 24.6. The average molecular weight is 1110 g/mol. The van der Waals surface area contributed by atoms with Gasteiger partial charge >= 0.3 is 5.97 Å². The number of carbonyl (C=O) groups is 2. The van der Waals surface area contributed by atoms with Crippen molar-refractivity contribution in [2.75, 3.05) is 13.2 Å². The molecule has 0 aromatic carbocycles. The summed E-state index contributed by atoms with van der Waals surface area (Å²) in [5.74, 6) is -0.0297. The highest BCUT2D eigenvalue weighted by molar-refractivity contribution is 5.76. The second-order valence-electron chi connectivity index (χ2n) is 24.6. The maximum atomic E-state index is 12.5. The first kappa shape index (κ1) is 77.1. The summed E-state index contributed by atoms with van der Waals surface area (Å²) >= 11 is 0. The van der Waals surface area contributed by atoms with E-state index in [1.807, 2.05) is 0 Å². The molecule has 1 amide bonds. The Hall–Kier alpha value is -1.92. The van der Waals surface area contributed by atoms with Gasteiger partial charge in [0.2, 0.25) is 5.91 Å². The summed E-state index contributed by atoms with van der Waals surface area (Å²) in [6.07, 6.45) is 87.7. The number of ether oxygens (including phenoxy) is 1. The van der Waals surface area contributed by atoms with Gasteiger partial charge in [-0.15, -0.1) is 0 Å². The van der Waals surface area contributed by atoms with Crippen LogP contribution in [-0.4, -0.2) is 47.4 Å². The van der Waals surface area contributed by atoms with Crippen LogP contribution in [0.3, 0.4) is 0 Å². The highest BCUT2D eigenvalue weighted by Gasteiger charge is 2.20. The molecule has 79 heavy (non-hydrogen) atoms. The summed E-state index contributed by atoms with van der Waals surface area (Å²) in [7, 11) is 0. The van der Waals surface area contributed by atoms with Crippen LogP contribution in [0.2, 0.25) is 0 Å². The van der Waals surface area contributed by atoms with Gasteiger partial charge in [0, 0.05) is 12.8 Å². The van der Waals surface area contributed by atoms with E-state index in [2.05, 4.69) is 55.6 Å². The van der Waals surface area contributed by atoms with E-state index in [9.17, 15) is 19.8 Å². The van der Waals surface area contributed by atoms with Gasteiger partial charge in [0.15, 0.2) is 0 Å². The molecule has 2 atom stereocenters. The van der Waals surface area contributed by atoms with Crippen LogP contribution in [0.15, 0.2) is 36.5 Å². The third kappa shape index (κ3) is 65.1. The van der Waals surface area contributed by atoms with Crippen LogP contribution in [0, 0.1) is 0 Å². The van der Waals surface area contributed by atoms with Crippen LogP contribution < -0.4 is 5.32 Å². The van der Waals surface area contributed by atoms with Gasteiger partial charge in [-0.05, 0) is 83.5 Å². The van der Waals surface area contributed by atoms with Crippen molar-refractivity contribution in [1.82, 2.24) is 5.32 Å². The summed E-state index contributed by atoms with van der Waals surface area (Å²) in [6.45, 7) is 4.96. The fourth-order valence-electron chi connectivity index (χ4n) is 11.2. The van der Waals surface area contributed by atoms with Gasteiger partial charge in [-0.25, -0.2) is 0 Å². The quantitative estimate of drug-likeness (QED) is 0.0320. The zero-order chi connectivity index (χ0) is 57.1. The number of aliphatic hydroxyl groups is 2. The standard InChI is InChI=1S/C73H139NO5/c1-3-5-7-9-11-13-15-17-18-19-20-30-33-36-39-42-45-49-53-57-61-65-71(76)70(69-75)74-72(77)66-62-58-54-50-46-43-40-37-34-31-28-26-24-22-21-23-25-27-29-32-35-38-41-44-48-52-56-60-64-68-79-73(78)67-63-59-55-51-47-16-14-12-10-8-6-4-2/h12,14,21,23,27,29,70-71,75-76H,3-11,13,15-20,22,24-26,28,30-69H2,1-2H3,(H,74,77)/b14-12-,23-21-,29-27-. The van der Waals surface area contributed by atoms with Crippen LogP contribution in [0.25, 0.3) is 0 Å². The predicted octanol–water partition coefficient (Wildman–Crippen LogP) is 23.1. The summed E-state index contributed by atoms with van der Waals surface area (Å²) in [5.41, 5.74) is 0. The van der Waals surface area contributed by atoms with E-state index in [0.717, 1.165) is 51.4 Å². The zero-order valence-electron chi connectivity index (χ0n) is 53.4. The van der Waals surface area contributed by atoms with Crippen LogP contribution in [0.1, 0.15) is 393 Å². The Morgan fingerprint density at radius 1 is 0.354 bits per heavy atom. The number of allylic oxidation sites excluding steroid dienone is 6. The largest absolute Gasteiger partial charge is 0.466 e. The van der Waals surface area contributed by atoms with Gasteiger partial charge in [0.1, 0.15) is 0 Å². The van der Waals surface area contributed by atoms with Crippen molar-refractivity contribution in [3.05, 3.63) is 36.5 Å². The number of esters is 1. The van der Waals surface area contributed by atoms with E-state index in [4.69, 9.17) is 4.74 Å². The number of hydrogen-bond acceptors (Lipinski definition) is 5. The van der Waals surface area contributed by atoms with Crippen LogP contribution in [0.4, 0.5) is 0 Å². The highest BCUT2D eigenvalue weighted by atomic mass is 16.5. The molecular weight excluding hydrogens is 971 g/mol. The molecule has 0 radical (unpaired) electrons. The molecule has 3 N–H and O–H groups in total. The number of nitrogens with one attached hydrogen (secondary N) is 1. The topological polar surface area (TPSA) is 95.9 Å². The molecule has 0 saturated heterocycles. The van der Waals surface area contributed by atoms with Gasteiger partial charge in [-0.2, -0.15) is 0 Å². The Morgan fingerprint density at radius 2 is 0.633 bits per heavy atom. The van der Waals surface area contributed by atoms with E-state index >= 15 is 0 Å². The number of aliphatic hydroxyl groups excluding tert-OH is 2. The maximum Gasteiger partial charge on any atom is 0.305 e. The lowest BCUT2D eigenvalue weighted by Crippen LogP contribution is -2.45. The molecular formula is C73H139NO5. The first-order valence-corrected chi connectivity index (χ1v) is 35.7. The second-order valence-corrected chi connectivity index (χ2v) is 24.6. The molecule has 2 unspecified atom stereocenters. The van der Waals surface area contributed by atoms with Crippen LogP contribution in [0.5, 0.6) is 0 Å². The molecule has 0 heterocycles. The molecule has 0 aromatic heterocycles. The molecule has 6 nitrogen and oxygen atoms in total. The molecule has 0 aliphatic carbocycles. The highest BCUT2D eigenvalue weighted by Crippen LogP contribution is 2.19. The fraction of sp³-hybridized carbons (Fsp3) is 0.890. The van der Waals surface area contributed by atoms with Crippen LogP contribution >= 0.6 is 0 Å². The summed E-state index contributed by atoms with van der Waals surface area (Å²) in [5, 5.41) is 23.4. The summed E-state index contributed by atoms with van der Waals surface area (Å²) in [6, 6.07) is -0.544. The first-order chi connectivity index (χ1) is 39.0. The minimum atomic E-state index is -0.666. The Bertz CT molecular complexity index is 1280. The minimum absolute atomic E-state index is 0.00228. The Labute approximate surface area is 494 Å². The van der Waals surface area contributed by atoms with Gasteiger partial charge in [-0.3, -0.25) is 9.59 Å². The van der Waals surface area contributed by atoms with E-state index < -0.39 is 12.1 Å². The lowest BCUT2D eigenvalue weighted by atomic mass is 10.0. The number of carbonyl (C=O) groups excluding carboxylic acids is 2. The lowest BCUT2D eigenvalue weighted by Gasteiger charge is -2.22. The number of unbranched alkanes of at least 4 members (excludes halogenated alkanes) is 50. The molecule has 466 valence electrons. The molecule has 6 heteroatoms. The van der Waals surface area contributed by atoms with Crippen LogP contribution in [-0.2, 0) is 14.3 Å². The number of amides is 1. The van der Waals surface area contributed by atoms with Crippen molar-refractivity contribution in [2.24, 2.45) is 0 Å². The fourth-order valence-corrected chi connectivity index (χ4v) is 11.2. The van der Waals surface area contributed by atoms with Gasteiger partial charge < -0.3 is 20.3 Å². The molecule has 0 rings (SSSR count). The van der Waals surface area contributed by atoms with E-state index in [1.165, 1.54) is 308 Å². The Morgan fingerprint density at radius 3 is 1.00 bits per heavy atom. The summed E-state index contributed by atoms with van der Waals surface area (Å²) < 4.78 is 5.47. The maximum absolute atomic E-state index is 12.5. The normalized spacial score (nSPS) is 12.7. The van der Waals surface area contributed by atoms with Crippen molar-refractivity contribution < 1.29 is 24.5 Å². The second kappa shape index (κ2) is 68.6. The third-order valence-electron chi connectivity index (χ3n) is 16.7. The molecule has 0 aromatic rings. The molecule has 0 fully saturated rings. The van der Waals surface area contributed by atoms with E-state index in [1.54, 1.807) is 0 Å². The number of rotatable bonds is 67. The molecule has 0 aliphatic heterocycles. The molecule has 0 spiro atoms. The monoisotopic (exact) mass is 1110 g/mol. The first-order valence-electron chi connectivity index (χ1n) is 35.7. The average Bonchev–Trinajstić information content (AvgIpc) is 3.45. The SMILES string of the molecule is CCCCC/C=C\CCCCCCCC(=O)OCCCCCCCCCCC/C=C\C/C=C\CCCCCCCCCCCCCCCC(=O)NC(CO)C(O)CCCCCCCCCCCCCCCCCCCCCCC. The van der Waals surface area contributed by atoms with Gasteiger partial charge in [-0.1, -0.05) is 333 Å². The van der Waals surface area contributed by atoms with Crippen molar-refractivity contribution in [3.8, 4) is 0 Å². The van der Waals surface area contributed by atoms with Crippen molar-refractivity contribution in [1.29, 1.82) is 0 Å². The Balaban J connectivity index is 3.41. The van der Waals surface area contributed by atoms with Crippen molar-refractivity contribution in [2.45, 2.75) is 405 Å². The minimum Gasteiger partial charge on any atom is -0.466 e. The van der Waals surface area contributed by atoms with Gasteiger partial charge in [0.05, 0.1) is 25.4 Å². The molecule has 0 bridgehead atoms. The predicted molar refractivity (Wildman–Crippen MR) is 347 cm³/mol. The Kier molecular flexibility index (Phi) is 66.9. The molecule has 0 aliphatic rings. The van der Waals surface area contributed by atoms with Crippen molar-refractivity contribution in [3.63, 3.8) is 0 Å².